The number of rotatable bonds is 5. The lowest BCUT2D eigenvalue weighted by molar-refractivity contribution is 0.102. The molecule has 0 saturated carbocycles. The van der Waals surface area contributed by atoms with Gasteiger partial charge in [0.1, 0.15) is 15.6 Å². The minimum absolute atomic E-state index is 0.0118. The van der Waals surface area contributed by atoms with E-state index in [1.165, 1.54) is 38.6 Å². The Morgan fingerprint density at radius 2 is 1.94 bits per heavy atom. The molecule has 0 bridgehead atoms. The molecule has 4 aromatic rings. The van der Waals surface area contributed by atoms with Gasteiger partial charge in [-0.1, -0.05) is 24.3 Å². The summed E-state index contributed by atoms with van der Waals surface area (Å²) in [6.07, 6.45) is 0.593. The smallest absolute Gasteiger partial charge is 0.267 e. The Kier molecular flexibility index (Phi) is 5.71. The van der Waals surface area contributed by atoms with Crippen molar-refractivity contribution >= 4 is 33.0 Å². The summed E-state index contributed by atoms with van der Waals surface area (Å²) in [6, 6.07) is 13.2. The van der Waals surface area contributed by atoms with Gasteiger partial charge in [0.2, 0.25) is 10.0 Å². The van der Waals surface area contributed by atoms with Crippen LogP contribution in [-0.4, -0.2) is 45.4 Å². The highest BCUT2D eigenvalue weighted by molar-refractivity contribution is 7.89. The van der Waals surface area contributed by atoms with Crippen LogP contribution in [0.25, 0.3) is 5.69 Å². The highest BCUT2D eigenvalue weighted by Crippen LogP contribution is 2.30. The molecule has 5 rings (SSSR count). The zero-order valence-electron chi connectivity index (χ0n) is 18.0. The van der Waals surface area contributed by atoms with Crippen molar-refractivity contribution in [1.82, 2.24) is 24.5 Å². The first kappa shape index (κ1) is 22.3. The fourth-order valence-corrected chi connectivity index (χ4v) is 6.59. The molecule has 12 heteroatoms. The lowest BCUT2D eigenvalue weighted by Crippen LogP contribution is -2.36. The number of carbonyl (C=O) groups is 1. The minimum Gasteiger partial charge on any atom is -0.319 e. The molecule has 1 aliphatic heterocycles. The number of halogens is 1. The van der Waals surface area contributed by atoms with Crippen molar-refractivity contribution in [3.63, 3.8) is 0 Å². The fourth-order valence-electron chi connectivity index (χ4n) is 3.87. The van der Waals surface area contributed by atoms with Gasteiger partial charge in [0.25, 0.3) is 5.91 Å². The number of benzene rings is 2. The maximum absolute atomic E-state index is 14.5. The van der Waals surface area contributed by atoms with Gasteiger partial charge in [0.15, 0.2) is 5.82 Å². The molecule has 0 atom stereocenters. The molecule has 174 valence electrons. The monoisotopic (exact) mass is 498 g/mol. The maximum Gasteiger partial charge on any atom is 0.267 e. The Morgan fingerprint density at radius 1 is 1.15 bits per heavy atom. The second-order valence-corrected chi connectivity index (χ2v) is 10.5. The third-order valence-corrected chi connectivity index (χ3v) is 8.55. The van der Waals surface area contributed by atoms with Crippen LogP contribution < -0.4 is 5.32 Å². The number of hydrogen-bond donors (Lipinski definition) is 1. The van der Waals surface area contributed by atoms with Gasteiger partial charge in [0, 0.05) is 13.1 Å². The average molecular weight is 499 g/mol. The molecule has 0 saturated heterocycles. The number of nitrogens with one attached hydrogen (secondary N) is 1. The summed E-state index contributed by atoms with van der Waals surface area (Å²) in [7, 11) is -3.93. The Morgan fingerprint density at radius 3 is 2.71 bits per heavy atom. The van der Waals surface area contributed by atoms with Gasteiger partial charge in [-0.2, -0.15) is 8.99 Å². The standard InChI is InChI=1S/C22H19FN6O3S2/c1-14-25-26-27-29(14)17-6-7-18(23)19(12-17)24-22(30)21-20(9-11-33-21)34(31,32)28-10-8-15-4-2-3-5-16(15)13-28/h2-7,9,11-12H,8,10,13H2,1H3,(H,24,30). The van der Waals surface area contributed by atoms with E-state index in [4.69, 9.17) is 0 Å². The SMILES string of the molecule is Cc1nnnn1-c1ccc(F)c(NC(=O)c2sccc2S(=O)(=O)N2CCc3ccccc3C2)c1. The van der Waals surface area contributed by atoms with Gasteiger partial charge >= 0.3 is 0 Å². The molecule has 3 heterocycles. The lowest BCUT2D eigenvalue weighted by atomic mass is 10.0. The predicted molar refractivity (Wildman–Crippen MR) is 124 cm³/mol. The maximum atomic E-state index is 14.5. The highest BCUT2D eigenvalue weighted by atomic mass is 32.2. The van der Waals surface area contributed by atoms with Gasteiger partial charge in [-0.05, 0) is 64.5 Å². The van der Waals surface area contributed by atoms with Crippen LogP contribution in [0, 0.1) is 12.7 Å². The Bertz CT molecular complexity index is 1500. The number of hydrogen-bond acceptors (Lipinski definition) is 7. The Balaban J connectivity index is 1.42. The van der Waals surface area contributed by atoms with E-state index in [0.29, 0.717) is 24.5 Å². The first-order chi connectivity index (χ1) is 16.3. The minimum atomic E-state index is -3.93. The largest absolute Gasteiger partial charge is 0.319 e. The Labute approximate surface area is 198 Å². The highest BCUT2D eigenvalue weighted by Gasteiger charge is 2.32. The van der Waals surface area contributed by atoms with Gasteiger partial charge in [-0.15, -0.1) is 16.4 Å². The third kappa shape index (κ3) is 4.00. The molecule has 2 aromatic heterocycles. The van der Waals surface area contributed by atoms with Crippen LogP contribution in [0.3, 0.4) is 0 Å². The number of carbonyl (C=O) groups excluding carboxylic acids is 1. The van der Waals surface area contributed by atoms with Crippen LogP contribution in [0.2, 0.25) is 0 Å². The molecule has 1 amide bonds. The number of nitrogens with zero attached hydrogens (tertiary/aromatic N) is 5. The number of aromatic nitrogens is 4. The van der Waals surface area contributed by atoms with Crippen LogP contribution >= 0.6 is 11.3 Å². The molecule has 1 aliphatic rings. The van der Waals surface area contributed by atoms with Crippen molar-refractivity contribution in [2.75, 3.05) is 11.9 Å². The van der Waals surface area contributed by atoms with E-state index in [1.807, 2.05) is 24.3 Å². The van der Waals surface area contributed by atoms with Crippen LogP contribution in [0.4, 0.5) is 10.1 Å². The number of thiophene rings is 1. The number of aryl methyl sites for hydroxylation is 1. The fraction of sp³-hybridized carbons (Fsp3) is 0.182. The van der Waals surface area contributed by atoms with Crippen molar-refractivity contribution in [2.24, 2.45) is 0 Å². The molecule has 0 fully saturated rings. The van der Waals surface area contributed by atoms with Gasteiger partial charge in [0.05, 0.1) is 11.4 Å². The summed E-state index contributed by atoms with van der Waals surface area (Å²) in [5.41, 5.74) is 2.40. The van der Waals surface area contributed by atoms with Crippen molar-refractivity contribution < 1.29 is 17.6 Å². The van der Waals surface area contributed by atoms with Crippen molar-refractivity contribution in [1.29, 1.82) is 0 Å². The van der Waals surface area contributed by atoms with E-state index < -0.39 is 21.7 Å². The van der Waals surface area contributed by atoms with Gasteiger partial charge < -0.3 is 5.32 Å². The summed E-state index contributed by atoms with van der Waals surface area (Å²) in [4.78, 5) is 12.9. The molecule has 0 radical (unpaired) electrons. The van der Waals surface area contributed by atoms with Gasteiger partial charge in [-0.25, -0.2) is 12.8 Å². The zero-order chi connectivity index (χ0) is 23.9. The third-order valence-electron chi connectivity index (χ3n) is 5.62. The normalized spacial score (nSPS) is 14.1. The van der Waals surface area contributed by atoms with Crippen molar-refractivity contribution in [3.8, 4) is 5.69 Å². The van der Waals surface area contributed by atoms with E-state index in [-0.39, 0.29) is 22.0 Å². The molecule has 9 nitrogen and oxygen atoms in total. The second kappa shape index (κ2) is 8.70. The number of anilines is 1. The van der Waals surface area contributed by atoms with E-state index in [9.17, 15) is 17.6 Å². The first-order valence-electron chi connectivity index (χ1n) is 10.4. The molecule has 0 aliphatic carbocycles. The Hall–Kier alpha value is -3.48. The van der Waals surface area contributed by atoms with Crippen LogP contribution in [0.5, 0.6) is 0 Å². The van der Waals surface area contributed by atoms with E-state index >= 15 is 0 Å². The lowest BCUT2D eigenvalue weighted by Gasteiger charge is -2.28. The molecule has 2 aromatic carbocycles. The van der Waals surface area contributed by atoms with E-state index in [0.717, 1.165) is 22.5 Å². The summed E-state index contributed by atoms with van der Waals surface area (Å²) in [5.74, 6) is -0.898. The van der Waals surface area contributed by atoms with Crippen molar-refractivity contribution in [3.05, 3.63) is 81.6 Å². The van der Waals surface area contributed by atoms with Gasteiger partial charge in [-0.3, -0.25) is 4.79 Å². The molecule has 34 heavy (non-hydrogen) atoms. The molecular weight excluding hydrogens is 479 g/mol. The summed E-state index contributed by atoms with van der Waals surface area (Å²) < 4.78 is 44.1. The molecule has 1 N–H and O–H groups in total. The molecule has 0 spiro atoms. The number of sulfonamides is 1. The van der Waals surface area contributed by atoms with E-state index in [2.05, 4.69) is 20.8 Å². The topological polar surface area (TPSA) is 110 Å². The molecular formula is C22H19FN6O3S2. The van der Waals surface area contributed by atoms with Crippen molar-refractivity contribution in [2.45, 2.75) is 24.8 Å². The summed E-state index contributed by atoms with van der Waals surface area (Å²) in [6.45, 7) is 2.24. The second-order valence-electron chi connectivity index (χ2n) is 7.73. The predicted octanol–water partition coefficient (Wildman–Crippen LogP) is 3.17. The van der Waals surface area contributed by atoms with Crippen LogP contribution in [-0.2, 0) is 23.0 Å². The van der Waals surface area contributed by atoms with Crippen LogP contribution in [0.1, 0.15) is 26.6 Å². The number of amides is 1. The zero-order valence-corrected chi connectivity index (χ0v) is 19.6. The van der Waals surface area contributed by atoms with Crippen LogP contribution in [0.15, 0.2) is 58.8 Å². The average Bonchev–Trinajstić information content (AvgIpc) is 3.50. The number of fused-ring (bicyclic) bond motifs is 1. The summed E-state index contributed by atoms with van der Waals surface area (Å²) >= 11 is 0.986. The quantitative estimate of drug-likeness (QED) is 0.453. The molecule has 0 unspecified atom stereocenters. The van der Waals surface area contributed by atoms with E-state index in [1.54, 1.807) is 6.92 Å². The number of tetrazole rings is 1. The summed E-state index contributed by atoms with van der Waals surface area (Å²) in [5, 5.41) is 15.2. The first-order valence-corrected chi connectivity index (χ1v) is 12.7.